The van der Waals surface area contributed by atoms with Gasteiger partial charge in [-0.05, 0) is 27.2 Å². The number of carbonyl (C=O) groups excluding carboxylic acids is 7. The molecule has 0 aliphatic carbocycles. The lowest BCUT2D eigenvalue weighted by Crippen LogP contribution is -2.39. The molecule has 0 rings (SSSR count). The van der Waals surface area contributed by atoms with Gasteiger partial charge in [-0.15, -0.1) is 0 Å². The van der Waals surface area contributed by atoms with Gasteiger partial charge in [-0.2, -0.15) is 11.8 Å². The lowest BCUT2D eigenvalue weighted by Gasteiger charge is -2.24. The molecule has 0 saturated carbocycles. The van der Waals surface area contributed by atoms with Gasteiger partial charge in [-0.3, -0.25) is 28.8 Å². The van der Waals surface area contributed by atoms with E-state index in [1.807, 2.05) is 0 Å². The number of Topliss-reactive ketones (excluding diaryl/α,β-unsaturated/α-hetero) is 5. The van der Waals surface area contributed by atoms with Crippen molar-refractivity contribution in [3.63, 3.8) is 0 Å². The molecule has 0 amide bonds. The van der Waals surface area contributed by atoms with Crippen LogP contribution in [0.3, 0.4) is 0 Å². The first kappa shape index (κ1) is 42.5. The van der Waals surface area contributed by atoms with Crippen LogP contribution in [0, 0.1) is 11.8 Å². The topological polar surface area (TPSA) is 214 Å². The van der Waals surface area contributed by atoms with Crippen LogP contribution in [0.4, 0.5) is 0 Å². The molecule has 6 unspecified atom stereocenters. The molecule has 0 radical (unpaired) electrons. The molecule has 45 heavy (non-hydrogen) atoms. The number of aliphatic hydroxyl groups is 2. The van der Waals surface area contributed by atoms with Crippen molar-refractivity contribution in [2.75, 3.05) is 31.3 Å². The number of esters is 2. The van der Waals surface area contributed by atoms with Crippen LogP contribution in [0.1, 0.15) is 86.0 Å². The second kappa shape index (κ2) is 23.8. The molecular weight excluding hydrogens is 610 g/mol. The molecular formula is C31H51NO12S. The van der Waals surface area contributed by atoms with Crippen LogP contribution >= 0.6 is 11.8 Å². The zero-order valence-electron chi connectivity index (χ0n) is 27.1. The summed E-state index contributed by atoms with van der Waals surface area (Å²) in [7, 11) is 0. The first-order valence-electron chi connectivity index (χ1n) is 15.3. The number of hydrogen-bond acceptors (Lipinski definition) is 14. The van der Waals surface area contributed by atoms with Crippen molar-refractivity contribution in [2.24, 2.45) is 17.6 Å². The fraction of sp³-hybridized carbons (Fsp3) is 0.774. The SMILES string of the molecule is CCC(=O)OCC(CSCC(N)C(=O)CC(C(=O)CC(C(=O)CCCOCC(=O)CCC(C)=O)C(C)O)C(C)O)OC(=O)CC. The van der Waals surface area contributed by atoms with Crippen molar-refractivity contribution in [3.05, 3.63) is 0 Å². The molecule has 0 spiro atoms. The van der Waals surface area contributed by atoms with E-state index in [-0.39, 0.29) is 94.3 Å². The molecule has 0 fully saturated rings. The molecule has 0 saturated heterocycles. The lowest BCUT2D eigenvalue weighted by molar-refractivity contribution is -0.157. The van der Waals surface area contributed by atoms with Gasteiger partial charge in [0.25, 0.3) is 0 Å². The molecule has 14 heteroatoms. The Morgan fingerprint density at radius 2 is 1.36 bits per heavy atom. The van der Waals surface area contributed by atoms with E-state index in [4.69, 9.17) is 19.9 Å². The van der Waals surface area contributed by atoms with Crippen LogP contribution in [-0.2, 0) is 47.8 Å². The summed E-state index contributed by atoms with van der Waals surface area (Å²) in [5, 5.41) is 20.5. The number of ketones is 5. The van der Waals surface area contributed by atoms with Gasteiger partial charge in [-0.25, -0.2) is 0 Å². The van der Waals surface area contributed by atoms with E-state index in [1.54, 1.807) is 13.8 Å². The van der Waals surface area contributed by atoms with Crippen molar-refractivity contribution in [1.82, 2.24) is 0 Å². The summed E-state index contributed by atoms with van der Waals surface area (Å²) in [5.74, 6) is -4.55. The molecule has 0 aromatic rings. The molecule has 6 atom stereocenters. The van der Waals surface area contributed by atoms with Crippen molar-refractivity contribution in [3.8, 4) is 0 Å². The highest BCUT2D eigenvalue weighted by atomic mass is 32.2. The van der Waals surface area contributed by atoms with Gasteiger partial charge in [-0.1, -0.05) is 13.8 Å². The summed E-state index contributed by atoms with van der Waals surface area (Å²) in [6.07, 6.45) is -3.08. The lowest BCUT2D eigenvalue weighted by atomic mass is 9.83. The molecule has 0 aliphatic heterocycles. The Kier molecular flexibility index (Phi) is 22.4. The van der Waals surface area contributed by atoms with E-state index >= 15 is 0 Å². The van der Waals surface area contributed by atoms with Crippen LogP contribution in [0.25, 0.3) is 0 Å². The van der Waals surface area contributed by atoms with Crippen molar-refractivity contribution < 1.29 is 58.0 Å². The van der Waals surface area contributed by atoms with Crippen molar-refractivity contribution in [1.29, 1.82) is 0 Å². The Labute approximate surface area is 269 Å². The van der Waals surface area contributed by atoms with E-state index < -0.39 is 65.5 Å². The van der Waals surface area contributed by atoms with Gasteiger partial charge in [0.2, 0.25) is 0 Å². The zero-order valence-corrected chi connectivity index (χ0v) is 27.9. The molecule has 13 nitrogen and oxygen atoms in total. The fourth-order valence-electron chi connectivity index (χ4n) is 4.04. The average Bonchev–Trinajstić information content (AvgIpc) is 2.98. The Hall–Kier alpha value is -2.52. The third-order valence-corrected chi connectivity index (χ3v) is 8.09. The first-order chi connectivity index (χ1) is 21.1. The maximum atomic E-state index is 13.1. The fourth-order valence-corrected chi connectivity index (χ4v) is 5.05. The minimum absolute atomic E-state index is 0.0168. The predicted octanol–water partition coefficient (Wildman–Crippen LogP) is 1.54. The Balaban J connectivity index is 4.95. The summed E-state index contributed by atoms with van der Waals surface area (Å²) in [6.45, 7) is 7.18. The highest BCUT2D eigenvalue weighted by Gasteiger charge is 2.33. The van der Waals surface area contributed by atoms with Crippen molar-refractivity contribution in [2.45, 2.75) is 110 Å². The van der Waals surface area contributed by atoms with E-state index in [2.05, 4.69) is 0 Å². The molecule has 0 bridgehead atoms. The monoisotopic (exact) mass is 661 g/mol. The van der Waals surface area contributed by atoms with Gasteiger partial charge in [0.1, 0.15) is 36.7 Å². The molecule has 0 aromatic heterocycles. The van der Waals surface area contributed by atoms with Crippen molar-refractivity contribution >= 4 is 52.6 Å². The molecule has 0 aromatic carbocycles. The van der Waals surface area contributed by atoms with E-state index in [0.717, 1.165) is 0 Å². The third kappa shape index (κ3) is 19.6. The minimum Gasteiger partial charge on any atom is -0.462 e. The maximum absolute atomic E-state index is 13.1. The van der Waals surface area contributed by atoms with Gasteiger partial charge in [0.15, 0.2) is 11.6 Å². The number of aliphatic hydroxyl groups excluding tert-OH is 2. The largest absolute Gasteiger partial charge is 0.462 e. The molecule has 258 valence electrons. The predicted molar refractivity (Wildman–Crippen MR) is 166 cm³/mol. The standard InChI is InChI=1S/C31H51NO12S/c1-6-30(40)43-16-23(44-31(41)7-2)17-45-18-26(32)29(39)14-25(21(5)35)28(38)13-24(20(4)34)27(37)9-8-12-42-15-22(36)11-10-19(3)33/h20-21,23-26,34-35H,6-18,32H2,1-5H3. The number of hydrogen-bond donors (Lipinski definition) is 3. The van der Waals surface area contributed by atoms with Gasteiger partial charge < -0.3 is 35.0 Å². The van der Waals surface area contributed by atoms with Crippen LogP contribution < -0.4 is 5.73 Å². The van der Waals surface area contributed by atoms with E-state index in [9.17, 15) is 43.8 Å². The quantitative estimate of drug-likeness (QED) is 0.0842. The smallest absolute Gasteiger partial charge is 0.305 e. The Bertz CT molecular complexity index is 984. The Morgan fingerprint density at radius 1 is 0.778 bits per heavy atom. The summed E-state index contributed by atoms with van der Waals surface area (Å²) < 4.78 is 15.6. The molecule has 4 N–H and O–H groups in total. The van der Waals surface area contributed by atoms with Crippen LogP contribution in [-0.4, -0.2) is 107 Å². The summed E-state index contributed by atoms with van der Waals surface area (Å²) in [4.78, 5) is 84.6. The van der Waals surface area contributed by atoms with E-state index in [0.29, 0.717) is 0 Å². The molecule has 0 heterocycles. The van der Waals surface area contributed by atoms with Gasteiger partial charge in [0, 0.05) is 63.1 Å². The second-order valence-corrected chi connectivity index (χ2v) is 12.1. The number of ether oxygens (including phenoxy) is 3. The average molecular weight is 662 g/mol. The first-order valence-corrected chi connectivity index (χ1v) is 16.5. The second-order valence-electron chi connectivity index (χ2n) is 11.0. The van der Waals surface area contributed by atoms with Gasteiger partial charge in [0.05, 0.1) is 30.1 Å². The number of carbonyl (C=O) groups is 7. The normalized spacial score (nSPS) is 15.2. The number of nitrogens with two attached hydrogens (primary N) is 1. The maximum Gasteiger partial charge on any atom is 0.305 e. The van der Waals surface area contributed by atoms with Gasteiger partial charge >= 0.3 is 11.9 Å². The van der Waals surface area contributed by atoms with Crippen LogP contribution in [0.2, 0.25) is 0 Å². The highest BCUT2D eigenvalue weighted by molar-refractivity contribution is 7.99. The van der Waals surface area contributed by atoms with E-state index in [1.165, 1.54) is 32.5 Å². The zero-order chi connectivity index (χ0) is 34.5. The Morgan fingerprint density at radius 3 is 1.91 bits per heavy atom. The summed E-state index contributed by atoms with van der Waals surface area (Å²) in [6, 6.07) is -1.01. The molecule has 0 aliphatic rings. The third-order valence-electron chi connectivity index (χ3n) is 6.89. The summed E-state index contributed by atoms with van der Waals surface area (Å²) >= 11 is 1.21. The number of thioether (sulfide) groups is 1. The minimum atomic E-state index is -1.22. The summed E-state index contributed by atoms with van der Waals surface area (Å²) in [5.41, 5.74) is 6.05. The van der Waals surface area contributed by atoms with Crippen LogP contribution in [0.15, 0.2) is 0 Å². The number of rotatable bonds is 27. The highest BCUT2D eigenvalue weighted by Crippen LogP contribution is 2.22. The van der Waals surface area contributed by atoms with Crippen LogP contribution in [0.5, 0.6) is 0 Å².